The zero-order valence-electron chi connectivity index (χ0n) is 12.6. The Morgan fingerprint density at radius 3 is 2.50 bits per heavy atom. The van der Waals surface area contributed by atoms with Gasteiger partial charge in [-0.1, -0.05) is 32.9 Å². The lowest BCUT2D eigenvalue weighted by Gasteiger charge is -2.20. The van der Waals surface area contributed by atoms with Crippen LogP contribution in [0, 0.1) is 6.92 Å². The predicted molar refractivity (Wildman–Crippen MR) is 82.1 cm³/mol. The summed E-state index contributed by atoms with van der Waals surface area (Å²) >= 11 is 0. The van der Waals surface area contributed by atoms with Gasteiger partial charge in [0.05, 0.1) is 5.69 Å². The molecule has 3 nitrogen and oxygen atoms in total. The highest BCUT2D eigenvalue weighted by Gasteiger charge is 2.15. The summed E-state index contributed by atoms with van der Waals surface area (Å²) in [5, 5.41) is 0. The minimum absolute atomic E-state index is 0.146. The number of ether oxygens (including phenoxy) is 1. The first kappa shape index (κ1) is 14.5. The highest BCUT2D eigenvalue weighted by molar-refractivity contribution is 5.41. The molecule has 0 spiro atoms. The van der Waals surface area contributed by atoms with Crippen molar-refractivity contribution in [2.45, 2.75) is 39.7 Å². The smallest absolute Gasteiger partial charge is 0.130 e. The van der Waals surface area contributed by atoms with Crippen molar-refractivity contribution in [3.8, 4) is 11.5 Å². The molecule has 0 aliphatic carbocycles. The molecule has 0 unspecified atom stereocenters. The fraction of sp³-hybridized carbons (Fsp3) is 0.353. The number of rotatable bonds is 3. The fourth-order valence-corrected chi connectivity index (χ4v) is 1.99. The van der Waals surface area contributed by atoms with Crippen LogP contribution in [0.2, 0.25) is 0 Å². The first-order valence-electron chi connectivity index (χ1n) is 6.84. The second-order valence-electron chi connectivity index (χ2n) is 6.02. The van der Waals surface area contributed by atoms with Crippen molar-refractivity contribution in [1.29, 1.82) is 0 Å². The molecule has 2 rings (SSSR count). The fourth-order valence-electron chi connectivity index (χ4n) is 1.99. The Morgan fingerprint density at radius 1 is 1.15 bits per heavy atom. The summed E-state index contributed by atoms with van der Waals surface area (Å²) in [4.78, 5) is 4.16. The lowest BCUT2D eigenvalue weighted by atomic mass is 9.86. The van der Waals surface area contributed by atoms with Crippen LogP contribution in [0.25, 0.3) is 0 Å². The second kappa shape index (κ2) is 5.63. The average Bonchev–Trinajstić information content (AvgIpc) is 2.40. The molecule has 20 heavy (non-hydrogen) atoms. The van der Waals surface area contributed by atoms with E-state index in [-0.39, 0.29) is 5.41 Å². The predicted octanol–water partition coefficient (Wildman–Crippen LogP) is 3.94. The van der Waals surface area contributed by atoms with E-state index in [9.17, 15) is 0 Å². The van der Waals surface area contributed by atoms with E-state index in [0.717, 1.165) is 22.8 Å². The van der Waals surface area contributed by atoms with Crippen LogP contribution in [-0.2, 0) is 12.0 Å². The lowest BCUT2D eigenvalue weighted by molar-refractivity contribution is 0.476. The number of aryl methyl sites for hydroxylation is 1. The number of benzene rings is 1. The Balaban J connectivity index is 2.25. The topological polar surface area (TPSA) is 48.1 Å². The standard InChI is InChI=1S/C17H22N2O/c1-12-9-13(17(2,3)4)5-6-16(12)20-15-7-8-19-14(10-15)11-18/h5-10H,11,18H2,1-4H3. The molecule has 106 valence electrons. The van der Waals surface area contributed by atoms with E-state index in [1.165, 1.54) is 5.56 Å². The van der Waals surface area contributed by atoms with Gasteiger partial charge in [0.1, 0.15) is 11.5 Å². The maximum absolute atomic E-state index is 5.92. The quantitative estimate of drug-likeness (QED) is 0.919. The van der Waals surface area contributed by atoms with Crippen LogP contribution in [0.15, 0.2) is 36.5 Å². The number of hydrogen-bond acceptors (Lipinski definition) is 3. The summed E-state index contributed by atoms with van der Waals surface area (Å²) in [5.41, 5.74) is 9.00. The Labute approximate surface area is 120 Å². The van der Waals surface area contributed by atoms with E-state index >= 15 is 0 Å². The number of nitrogens with zero attached hydrogens (tertiary/aromatic N) is 1. The van der Waals surface area contributed by atoms with E-state index in [1.807, 2.05) is 18.2 Å². The molecule has 0 aliphatic heterocycles. The van der Waals surface area contributed by atoms with Gasteiger partial charge in [-0.2, -0.15) is 0 Å². The molecule has 0 saturated heterocycles. The number of pyridine rings is 1. The maximum atomic E-state index is 5.92. The van der Waals surface area contributed by atoms with Gasteiger partial charge in [0.2, 0.25) is 0 Å². The van der Waals surface area contributed by atoms with Crippen molar-refractivity contribution in [3.05, 3.63) is 53.3 Å². The van der Waals surface area contributed by atoms with Gasteiger partial charge < -0.3 is 10.5 Å². The van der Waals surface area contributed by atoms with Crippen molar-refractivity contribution >= 4 is 0 Å². The normalized spacial score (nSPS) is 11.4. The largest absolute Gasteiger partial charge is 0.457 e. The lowest BCUT2D eigenvalue weighted by Crippen LogP contribution is -2.11. The maximum Gasteiger partial charge on any atom is 0.130 e. The highest BCUT2D eigenvalue weighted by Crippen LogP contribution is 2.30. The molecule has 0 atom stereocenters. The van der Waals surface area contributed by atoms with Gasteiger partial charge in [-0.15, -0.1) is 0 Å². The zero-order valence-corrected chi connectivity index (χ0v) is 12.6. The monoisotopic (exact) mass is 270 g/mol. The van der Waals surface area contributed by atoms with Crippen LogP contribution in [0.1, 0.15) is 37.6 Å². The van der Waals surface area contributed by atoms with Crippen molar-refractivity contribution < 1.29 is 4.74 Å². The van der Waals surface area contributed by atoms with Gasteiger partial charge in [0.25, 0.3) is 0 Å². The summed E-state index contributed by atoms with van der Waals surface area (Å²) in [5.74, 6) is 1.64. The van der Waals surface area contributed by atoms with Gasteiger partial charge in [-0.05, 0) is 35.6 Å². The third-order valence-electron chi connectivity index (χ3n) is 3.27. The molecule has 0 fully saturated rings. The third-order valence-corrected chi connectivity index (χ3v) is 3.27. The van der Waals surface area contributed by atoms with Crippen LogP contribution in [-0.4, -0.2) is 4.98 Å². The van der Waals surface area contributed by atoms with Gasteiger partial charge in [0.15, 0.2) is 0 Å². The SMILES string of the molecule is Cc1cc(C(C)(C)C)ccc1Oc1ccnc(CN)c1. The van der Waals surface area contributed by atoms with E-state index in [1.54, 1.807) is 6.20 Å². The molecule has 2 N–H and O–H groups in total. The van der Waals surface area contributed by atoms with Crippen molar-refractivity contribution in [1.82, 2.24) is 4.98 Å². The van der Waals surface area contributed by atoms with Crippen LogP contribution < -0.4 is 10.5 Å². The van der Waals surface area contributed by atoms with Crippen molar-refractivity contribution in [2.75, 3.05) is 0 Å². The highest BCUT2D eigenvalue weighted by atomic mass is 16.5. The van der Waals surface area contributed by atoms with Crippen LogP contribution in [0.5, 0.6) is 11.5 Å². The summed E-state index contributed by atoms with van der Waals surface area (Å²) in [6.45, 7) is 9.10. The summed E-state index contributed by atoms with van der Waals surface area (Å²) in [6.07, 6.45) is 1.72. The first-order valence-corrected chi connectivity index (χ1v) is 6.84. The molecule has 2 aromatic rings. The number of hydrogen-bond donors (Lipinski definition) is 1. The second-order valence-corrected chi connectivity index (χ2v) is 6.02. The Hall–Kier alpha value is -1.87. The summed E-state index contributed by atoms with van der Waals surface area (Å²) in [6, 6.07) is 10.0. The molecule has 1 aromatic carbocycles. The molecule has 0 bridgehead atoms. The molecule has 3 heteroatoms. The van der Waals surface area contributed by atoms with Gasteiger partial charge in [-0.25, -0.2) is 0 Å². The summed E-state index contributed by atoms with van der Waals surface area (Å²) in [7, 11) is 0. The Morgan fingerprint density at radius 2 is 1.90 bits per heavy atom. The molecular formula is C17H22N2O. The Bertz CT molecular complexity index is 600. The van der Waals surface area contributed by atoms with Gasteiger partial charge in [-0.3, -0.25) is 4.98 Å². The third kappa shape index (κ3) is 3.36. The van der Waals surface area contributed by atoms with Crippen LogP contribution in [0.3, 0.4) is 0 Å². The summed E-state index contributed by atoms with van der Waals surface area (Å²) < 4.78 is 5.92. The van der Waals surface area contributed by atoms with Gasteiger partial charge >= 0.3 is 0 Å². The molecule has 1 aromatic heterocycles. The van der Waals surface area contributed by atoms with Gasteiger partial charge in [0, 0.05) is 18.8 Å². The molecule has 0 radical (unpaired) electrons. The van der Waals surface area contributed by atoms with E-state index in [2.05, 4.69) is 44.8 Å². The van der Waals surface area contributed by atoms with Crippen LogP contribution in [0.4, 0.5) is 0 Å². The zero-order chi connectivity index (χ0) is 14.8. The van der Waals surface area contributed by atoms with E-state index < -0.39 is 0 Å². The minimum atomic E-state index is 0.146. The molecule has 0 aliphatic rings. The van der Waals surface area contributed by atoms with Crippen LogP contribution >= 0.6 is 0 Å². The molecule has 1 heterocycles. The van der Waals surface area contributed by atoms with E-state index in [4.69, 9.17) is 10.5 Å². The first-order chi connectivity index (χ1) is 9.40. The molecule has 0 saturated carbocycles. The minimum Gasteiger partial charge on any atom is -0.457 e. The molecule has 0 amide bonds. The molecular weight excluding hydrogens is 248 g/mol. The van der Waals surface area contributed by atoms with Crippen molar-refractivity contribution in [3.63, 3.8) is 0 Å². The van der Waals surface area contributed by atoms with E-state index in [0.29, 0.717) is 6.54 Å². The van der Waals surface area contributed by atoms with Crippen molar-refractivity contribution in [2.24, 2.45) is 5.73 Å². The Kier molecular flexibility index (Phi) is 4.09. The number of aromatic nitrogens is 1. The number of nitrogens with two attached hydrogens (primary N) is 1. The average molecular weight is 270 g/mol.